The van der Waals surface area contributed by atoms with Crippen molar-refractivity contribution in [3.63, 3.8) is 0 Å². The summed E-state index contributed by atoms with van der Waals surface area (Å²) in [5, 5.41) is 6.94. The van der Waals surface area contributed by atoms with Gasteiger partial charge in [-0.05, 0) is 41.1 Å². The van der Waals surface area contributed by atoms with Gasteiger partial charge in [0.1, 0.15) is 5.82 Å². The zero-order chi connectivity index (χ0) is 21.0. The second kappa shape index (κ2) is 8.52. The number of fused-ring (bicyclic) bond motifs is 1. The Balaban J connectivity index is 1.81. The Hall–Kier alpha value is -3.74. The number of carbonyl (C=O) groups excluding carboxylic acids is 3. The molecule has 0 heterocycles. The summed E-state index contributed by atoms with van der Waals surface area (Å²) >= 11 is 0. The van der Waals surface area contributed by atoms with Gasteiger partial charge in [0.05, 0.1) is 17.8 Å². The first kappa shape index (κ1) is 20.0. The van der Waals surface area contributed by atoms with E-state index in [0.717, 1.165) is 10.8 Å². The van der Waals surface area contributed by atoms with Gasteiger partial charge in [0, 0.05) is 19.7 Å². The van der Waals surface area contributed by atoms with Crippen LogP contribution in [0, 0.1) is 5.82 Å². The SMILES string of the molecule is CC(=O)Nc1cc2ccccc2cc1C(=O)N(C)CC(=O)Nc1cccc(F)c1. The second-order valence-electron chi connectivity index (χ2n) is 6.65. The molecule has 0 fully saturated rings. The third-order valence-corrected chi connectivity index (χ3v) is 4.26. The first-order valence-corrected chi connectivity index (χ1v) is 8.95. The molecule has 6 nitrogen and oxygen atoms in total. The first-order chi connectivity index (χ1) is 13.8. The van der Waals surface area contributed by atoms with E-state index in [1.807, 2.05) is 24.3 Å². The van der Waals surface area contributed by atoms with Crippen LogP contribution in [0.2, 0.25) is 0 Å². The van der Waals surface area contributed by atoms with Gasteiger partial charge in [-0.25, -0.2) is 4.39 Å². The first-order valence-electron chi connectivity index (χ1n) is 8.95. The van der Waals surface area contributed by atoms with Crippen LogP contribution < -0.4 is 10.6 Å². The monoisotopic (exact) mass is 393 g/mol. The lowest BCUT2D eigenvalue weighted by Gasteiger charge is -2.19. The molecule has 0 bridgehead atoms. The summed E-state index contributed by atoms with van der Waals surface area (Å²) in [6.07, 6.45) is 0. The molecule has 7 heteroatoms. The van der Waals surface area contributed by atoms with Crippen molar-refractivity contribution in [3.8, 4) is 0 Å². The fourth-order valence-corrected chi connectivity index (χ4v) is 2.97. The molecule has 29 heavy (non-hydrogen) atoms. The van der Waals surface area contributed by atoms with Gasteiger partial charge in [0.25, 0.3) is 5.91 Å². The average molecular weight is 393 g/mol. The van der Waals surface area contributed by atoms with Gasteiger partial charge in [0.2, 0.25) is 11.8 Å². The van der Waals surface area contributed by atoms with Gasteiger partial charge in [0.15, 0.2) is 0 Å². The third-order valence-electron chi connectivity index (χ3n) is 4.26. The van der Waals surface area contributed by atoms with Gasteiger partial charge in [-0.1, -0.05) is 30.3 Å². The molecule has 0 aliphatic heterocycles. The number of nitrogens with zero attached hydrogens (tertiary/aromatic N) is 1. The van der Waals surface area contributed by atoms with Crippen molar-refractivity contribution < 1.29 is 18.8 Å². The van der Waals surface area contributed by atoms with E-state index in [1.165, 1.54) is 37.1 Å². The van der Waals surface area contributed by atoms with Crippen molar-refractivity contribution in [2.24, 2.45) is 0 Å². The van der Waals surface area contributed by atoms with Crippen molar-refractivity contribution in [1.29, 1.82) is 0 Å². The largest absolute Gasteiger partial charge is 0.332 e. The lowest BCUT2D eigenvalue weighted by Crippen LogP contribution is -2.35. The van der Waals surface area contributed by atoms with E-state index in [2.05, 4.69) is 10.6 Å². The van der Waals surface area contributed by atoms with Crippen LogP contribution in [-0.4, -0.2) is 36.2 Å². The van der Waals surface area contributed by atoms with E-state index in [-0.39, 0.29) is 18.0 Å². The number of amides is 3. The molecule has 3 aromatic rings. The maximum Gasteiger partial charge on any atom is 0.256 e. The molecule has 0 aliphatic carbocycles. The highest BCUT2D eigenvalue weighted by molar-refractivity contribution is 6.08. The predicted molar refractivity (Wildman–Crippen MR) is 110 cm³/mol. The molecule has 0 atom stereocenters. The van der Waals surface area contributed by atoms with Gasteiger partial charge in [-0.15, -0.1) is 0 Å². The number of halogens is 1. The van der Waals surface area contributed by atoms with E-state index < -0.39 is 17.6 Å². The molecule has 148 valence electrons. The molecular formula is C22H20FN3O3. The summed E-state index contributed by atoms with van der Waals surface area (Å²) in [7, 11) is 1.49. The van der Waals surface area contributed by atoms with Crippen LogP contribution in [0.25, 0.3) is 10.8 Å². The molecule has 0 aromatic heterocycles. The number of rotatable bonds is 5. The summed E-state index contributed by atoms with van der Waals surface area (Å²) in [4.78, 5) is 38.0. The zero-order valence-electron chi connectivity index (χ0n) is 16.0. The molecule has 0 saturated heterocycles. The van der Waals surface area contributed by atoms with E-state index in [9.17, 15) is 18.8 Å². The molecule has 0 spiro atoms. The Morgan fingerprint density at radius 1 is 0.931 bits per heavy atom. The summed E-state index contributed by atoms with van der Waals surface area (Å²) in [5.74, 6) is -1.66. The summed E-state index contributed by atoms with van der Waals surface area (Å²) in [6, 6.07) is 16.4. The molecule has 0 unspecified atom stereocenters. The van der Waals surface area contributed by atoms with E-state index in [0.29, 0.717) is 11.4 Å². The van der Waals surface area contributed by atoms with Gasteiger partial charge >= 0.3 is 0 Å². The van der Waals surface area contributed by atoms with Crippen LogP contribution in [0.3, 0.4) is 0 Å². The van der Waals surface area contributed by atoms with Gasteiger partial charge < -0.3 is 15.5 Å². The summed E-state index contributed by atoms with van der Waals surface area (Å²) in [6.45, 7) is 1.13. The molecule has 0 aliphatic rings. The Kier molecular flexibility index (Phi) is 5.87. The number of carbonyl (C=O) groups is 3. The van der Waals surface area contributed by atoms with Gasteiger partial charge in [-0.2, -0.15) is 0 Å². The number of hydrogen-bond acceptors (Lipinski definition) is 3. The van der Waals surface area contributed by atoms with E-state index in [1.54, 1.807) is 18.2 Å². The number of benzene rings is 3. The smallest absolute Gasteiger partial charge is 0.256 e. The van der Waals surface area contributed by atoms with Crippen molar-refractivity contribution in [2.45, 2.75) is 6.92 Å². The maximum absolute atomic E-state index is 13.3. The molecular weight excluding hydrogens is 373 g/mol. The second-order valence-corrected chi connectivity index (χ2v) is 6.65. The number of likely N-dealkylation sites (N-methyl/N-ethyl adjacent to an activating group) is 1. The molecule has 0 saturated carbocycles. The topological polar surface area (TPSA) is 78.5 Å². The predicted octanol–water partition coefficient (Wildman–Crippen LogP) is 3.65. The van der Waals surface area contributed by atoms with Crippen LogP contribution in [0.15, 0.2) is 60.7 Å². The lowest BCUT2D eigenvalue weighted by molar-refractivity contribution is -0.116. The lowest BCUT2D eigenvalue weighted by atomic mass is 10.0. The third kappa shape index (κ3) is 4.95. The van der Waals surface area contributed by atoms with E-state index in [4.69, 9.17) is 0 Å². The molecule has 3 amide bonds. The molecule has 2 N–H and O–H groups in total. The fraction of sp³-hybridized carbons (Fsp3) is 0.136. The van der Waals surface area contributed by atoms with Crippen LogP contribution in [-0.2, 0) is 9.59 Å². The van der Waals surface area contributed by atoms with Crippen LogP contribution in [0.1, 0.15) is 17.3 Å². The Bertz CT molecular complexity index is 1100. The van der Waals surface area contributed by atoms with Crippen molar-refractivity contribution in [3.05, 3.63) is 72.0 Å². The zero-order valence-corrected chi connectivity index (χ0v) is 16.0. The van der Waals surface area contributed by atoms with Crippen LogP contribution >= 0.6 is 0 Å². The molecule has 0 radical (unpaired) electrons. The number of hydrogen-bond donors (Lipinski definition) is 2. The standard InChI is InChI=1S/C22H20FN3O3/c1-14(27)24-20-11-16-7-4-3-6-15(16)10-19(20)22(29)26(2)13-21(28)25-18-9-5-8-17(23)12-18/h3-12H,13H2,1-2H3,(H,24,27)(H,25,28). The van der Waals surface area contributed by atoms with Crippen molar-refractivity contribution >= 4 is 39.9 Å². The molecule has 3 aromatic carbocycles. The minimum atomic E-state index is -0.469. The van der Waals surface area contributed by atoms with Crippen molar-refractivity contribution in [1.82, 2.24) is 4.90 Å². The highest BCUT2D eigenvalue weighted by atomic mass is 19.1. The quantitative estimate of drug-likeness (QED) is 0.695. The highest BCUT2D eigenvalue weighted by Gasteiger charge is 2.20. The minimum Gasteiger partial charge on any atom is -0.332 e. The highest BCUT2D eigenvalue weighted by Crippen LogP contribution is 2.25. The number of nitrogens with one attached hydrogen (secondary N) is 2. The van der Waals surface area contributed by atoms with E-state index >= 15 is 0 Å². The van der Waals surface area contributed by atoms with Gasteiger partial charge in [-0.3, -0.25) is 14.4 Å². The normalized spacial score (nSPS) is 10.4. The number of anilines is 2. The summed E-state index contributed by atoms with van der Waals surface area (Å²) in [5.41, 5.74) is 0.957. The van der Waals surface area contributed by atoms with Crippen molar-refractivity contribution in [2.75, 3.05) is 24.2 Å². The Morgan fingerprint density at radius 2 is 1.62 bits per heavy atom. The average Bonchev–Trinajstić information content (AvgIpc) is 2.66. The minimum absolute atomic E-state index is 0.234. The molecule has 3 rings (SSSR count). The summed E-state index contributed by atoms with van der Waals surface area (Å²) < 4.78 is 13.3. The Morgan fingerprint density at radius 3 is 2.28 bits per heavy atom. The maximum atomic E-state index is 13.3. The fourth-order valence-electron chi connectivity index (χ4n) is 2.97. The Labute approximate surface area is 167 Å². The van der Waals surface area contributed by atoms with Crippen LogP contribution in [0.5, 0.6) is 0 Å². The van der Waals surface area contributed by atoms with Crippen LogP contribution in [0.4, 0.5) is 15.8 Å².